The molecule has 200 valence electrons. The third-order valence-electron chi connectivity index (χ3n) is 5.38. The molecule has 0 spiro atoms. The van der Waals surface area contributed by atoms with E-state index in [0.29, 0.717) is 34.4 Å². The second-order valence-electron chi connectivity index (χ2n) is 8.13. The van der Waals surface area contributed by atoms with Crippen LogP contribution >= 0.6 is 23.2 Å². The highest BCUT2D eigenvalue weighted by Crippen LogP contribution is 2.30. The molecule has 8 nitrogen and oxygen atoms in total. The highest BCUT2D eigenvalue weighted by Gasteiger charge is 2.25. The smallest absolute Gasteiger partial charge is 0.262 e. The zero-order valence-electron chi connectivity index (χ0n) is 21.2. The van der Waals surface area contributed by atoms with Crippen LogP contribution in [-0.2, 0) is 16.0 Å². The van der Waals surface area contributed by atoms with E-state index in [9.17, 15) is 9.59 Å². The van der Waals surface area contributed by atoms with E-state index in [1.807, 2.05) is 37.3 Å². The Morgan fingerprint density at radius 2 is 1.76 bits per heavy atom. The number of amides is 2. The predicted molar refractivity (Wildman–Crippen MR) is 149 cm³/mol. The van der Waals surface area contributed by atoms with Crippen LogP contribution < -0.4 is 25.0 Å². The fraction of sp³-hybridized carbons (Fsp3) is 0.250. The normalized spacial score (nSPS) is 12.4. The molecule has 0 heterocycles. The fourth-order valence-corrected chi connectivity index (χ4v) is 3.95. The van der Waals surface area contributed by atoms with Crippen LogP contribution in [0.5, 0.6) is 17.2 Å². The van der Waals surface area contributed by atoms with Gasteiger partial charge >= 0.3 is 0 Å². The number of para-hydroxylation sites is 1. The van der Waals surface area contributed by atoms with Crippen LogP contribution in [0.1, 0.15) is 25.0 Å². The number of nitrogens with zero attached hydrogens (tertiary/aromatic N) is 1. The molecule has 0 radical (unpaired) electrons. The Labute approximate surface area is 231 Å². The van der Waals surface area contributed by atoms with Gasteiger partial charge in [0.15, 0.2) is 17.6 Å². The first kappa shape index (κ1) is 28.8. The molecule has 3 rings (SSSR count). The molecule has 0 aliphatic rings. The van der Waals surface area contributed by atoms with Crippen LogP contribution in [0.15, 0.2) is 71.8 Å². The molecule has 0 aliphatic heterocycles. The first-order chi connectivity index (χ1) is 18.3. The minimum absolute atomic E-state index is 0.242. The molecule has 2 atom stereocenters. The highest BCUT2D eigenvalue weighted by molar-refractivity contribution is 6.35. The van der Waals surface area contributed by atoms with Gasteiger partial charge in [-0.1, -0.05) is 59.6 Å². The van der Waals surface area contributed by atoms with Crippen molar-refractivity contribution in [3.63, 3.8) is 0 Å². The molecule has 0 aromatic heterocycles. The van der Waals surface area contributed by atoms with Crippen LogP contribution in [-0.4, -0.2) is 43.9 Å². The van der Waals surface area contributed by atoms with E-state index in [2.05, 4.69) is 15.8 Å². The standard InChI is InChI=1S/C28H29Cl2N3O5/c1-4-37-26-20(11-8-12-25(26)36-3)17-31-33-28(35)23(15-19-9-6-5-7-10-19)32-27(34)18(2)38-24-14-13-21(29)16-22(24)30/h5-14,16-18,23H,4,15H2,1-3H3,(H,32,34)(H,33,35)/b31-17-/t18-,23-/m1/s1. The molecule has 0 fully saturated rings. The Morgan fingerprint density at radius 3 is 2.45 bits per heavy atom. The van der Waals surface area contributed by atoms with Crippen molar-refractivity contribution >= 4 is 41.2 Å². The summed E-state index contributed by atoms with van der Waals surface area (Å²) in [5.41, 5.74) is 3.99. The largest absolute Gasteiger partial charge is 0.493 e. The van der Waals surface area contributed by atoms with Crippen LogP contribution in [0.25, 0.3) is 0 Å². The van der Waals surface area contributed by atoms with Crippen LogP contribution in [0.4, 0.5) is 0 Å². The lowest BCUT2D eigenvalue weighted by Crippen LogP contribution is -2.50. The molecule has 2 N–H and O–H groups in total. The van der Waals surface area contributed by atoms with Crippen LogP contribution in [0.2, 0.25) is 10.0 Å². The van der Waals surface area contributed by atoms with Crippen molar-refractivity contribution in [2.45, 2.75) is 32.4 Å². The van der Waals surface area contributed by atoms with E-state index in [4.69, 9.17) is 37.4 Å². The summed E-state index contributed by atoms with van der Waals surface area (Å²) in [6.07, 6.45) is 0.765. The number of benzene rings is 3. The maximum absolute atomic E-state index is 13.1. The van der Waals surface area contributed by atoms with Gasteiger partial charge in [-0.15, -0.1) is 0 Å². The minimum atomic E-state index is -0.936. The van der Waals surface area contributed by atoms with E-state index in [1.165, 1.54) is 12.3 Å². The summed E-state index contributed by atoms with van der Waals surface area (Å²) >= 11 is 12.1. The number of methoxy groups -OCH3 is 1. The zero-order chi connectivity index (χ0) is 27.5. The Kier molecular flexibility index (Phi) is 10.8. The molecule has 2 amide bonds. The lowest BCUT2D eigenvalue weighted by Gasteiger charge is -2.21. The topological polar surface area (TPSA) is 98.2 Å². The van der Waals surface area contributed by atoms with Gasteiger partial charge in [-0.25, -0.2) is 5.43 Å². The van der Waals surface area contributed by atoms with E-state index in [0.717, 1.165) is 5.56 Å². The fourth-order valence-electron chi connectivity index (χ4n) is 3.50. The van der Waals surface area contributed by atoms with Crippen LogP contribution in [0.3, 0.4) is 0 Å². The third kappa shape index (κ3) is 8.13. The number of rotatable bonds is 12. The summed E-state index contributed by atoms with van der Waals surface area (Å²) in [7, 11) is 1.54. The van der Waals surface area contributed by atoms with Crippen LogP contribution in [0, 0.1) is 0 Å². The van der Waals surface area contributed by atoms with Crippen molar-refractivity contribution in [1.29, 1.82) is 0 Å². The maximum atomic E-state index is 13.1. The summed E-state index contributed by atoms with van der Waals surface area (Å²) in [5.74, 6) is 0.358. The van der Waals surface area contributed by atoms with E-state index < -0.39 is 24.0 Å². The van der Waals surface area contributed by atoms with Crippen molar-refractivity contribution in [2.24, 2.45) is 5.10 Å². The maximum Gasteiger partial charge on any atom is 0.262 e. The molecule has 0 aliphatic carbocycles. The lowest BCUT2D eigenvalue weighted by atomic mass is 10.1. The Balaban J connectivity index is 1.73. The van der Waals surface area contributed by atoms with Gasteiger partial charge in [-0.05, 0) is 49.7 Å². The average molecular weight is 558 g/mol. The molecular weight excluding hydrogens is 529 g/mol. The summed E-state index contributed by atoms with van der Waals surface area (Å²) in [6, 6.07) is 18.4. The van der Waals surface area contributed by atoms with Crippen molar-refractivity contribution in [3.8, 4) is 17.2 Å². The molecule has 0 bridgehead atoms. The second-order valence-corrected chi connectivity index (χ2v) is 8.98. The van der Waals surface area contributed by atoms with Crippen molar-refractivity contribution in [1.82, 2.24) is 10.7 Å². The number of ether oxygens (including phenoxy) is 3. The summed E-state index contributed by atoms with van der Waals surface area (Å²) in [4.78, 5) is 26.1. The number of nitrogens with one attached hydrogen (secondary N) is 2. The first-order valence-corrected chi connectivity index (χ1v) is 12.7. The predicted octanol–water partition coefficient (Wildman–Crippen LogP) is 5.05. The quantitative estimate of drug-likeness (QED) is 0.240. The number of hydrogen-bond donors (Lipinski definition) is 2. The first-order valence-electron chi connectivity index (χ1n) is 11.9. The third-order valence-corrected chi connectivity index (χ3v) is 5.91. The van der Waals surface area contributed by atoms with Crippen molar-refractivity contribution in [3.05, 3.63) is 87.9 Å². The molecule has 0 saturated heterocycles. The van der Waals surface area contributed by atoms with Crippen molar-refractivity contribution in [2.75, 3.05) is 13.7 Å². The van der Waals surface area contributed by atoms with Gasteiger partial charge in [0.05, 0.1) is 25.0 Å². The van der Waals surface area contributed by atoms with Gasteiger partial charge in [0, 0.05) is 17.0 Å². The molecule has 38 heavy (non-hydrogen) atoms. The lowest BCUT2D eigenvalue weighted by molar-refractivity contribution is -0.132. The van der Waals surface area contributed by atoms with E-state index >= 15 is 0 Å². The summed E-state index contributed by atoms with van der Waals surface area (Å²) in [6.45, 7) is 3.85. The second kappa shape index (κ2) is 14.3. The van der Waals surface area contributed by atoms with Gasteiger partial charge in [-0.3, -0.25) is 9.59 Å². The monoisotopic (exact) mass is 557 g/mol. The number of carbonyl (C=O) groups is 2. The van der Waals surface area contributed by atoms with Crippen molar-refractivity contribution < 1.29 is 23.8 Å². The summed E-state index contributed by atoms with van der Waals surface area (Å²) in [5, 5.41) is 7.56. The minimum Gasteiger partial charge on any atom is -0.493 e. The molecule has 3 aromatic rings. The molecule has 3 aromatic carbocycles. The summed E-state index contributed by atoms with van der Waals surface area (Å²) < 4.78 is 16.7. The van der Waals surface area contributed by atoms with Gasteiger partial charge < -0.3 is 19.5 Å². The highest BCUT2D eigenvalue weighted by atomic mass is 35.5. The number of hydrazone groups is 1. The molecule has 0 saturated carbocycles. The molecule has 0 unspecified atom stereocenters. The van der Waals surface area contributed by atoms with Gasteiger partial charge in [-0.2, -0.15) is 5.10 Å². The zero-order valence-corrected chi connectivity index (χ0v) is 22.8. The van der Waals surface area contributed by atoms with Gasteiger partial charge in [0.1, 0.15) is 11.8 Å². The van der Waals surface area contributed by atoms with E-state index in [-0.39, 0.29) is 11.4 Å². The van der Waals surface area contributed by atoms with Gasteiger partial charge in [0.2, 0.25) is 0 Å². The Morgan fingerprint density at radius 1 is 1.00 bits per heavy atom. The number of hydrogen-bond acceptors (Lipinski definition) is 6. The molecule has 10 heteroatoms. The van der Waals surface area contributed by atoms with E-state index in [1.54, 1.807) is 44.4 Å². The van der Waals surface area contributed by atoms with Gasteiger partial charge in [0.25, 0.3) is 11.8 Å². The SMILES string of the molecule is CCOc1c(/C=N\NC(=O)[C@@H](Cc2ccccc2)NC(=O)[C@@H](C)Oc2ccc(Cl)cc2Cl)cccc1OC. The number of halogens is 2. The molecular formula is C28H29Cl2N3O5. The number of carbonyl (C=O) groups excluding carboxylic acids is 2. The Bertz CT molecular complexity index is 1270. The Hall–Kier alpha value is -3.75. The average Bonchev–Trinajstić information content (AvgIpc) is 2.91.